The van der Waals surface area contributed by atoms with Gasteiger partial charge in [0.25, 0.3) is 11.8 Å². The van der Waals surface area contributed by atoms with Gasteiger partial charge in [0.1, 0.15) is 5.56 Å². The van der Waals surface area contributed by atoms with Crippen molar-refractivity contribution in [3.63, 3.8) is 0 Å². The van der Waals surface area contributed by atoms with Gasteiger partial charge in [-0.1, -0.05) is 18.2 Å². The van der Waals surface area contributed by atoms with Crippen LogP contribution >= 0.6 is 0 Å². The zero-order valence-electron chi connectivity index (χ0n) is 18.8. The molecule has 8 nitrogen and oxygen atoms in total. The van der Waals surface area contributed by atoms with Crippen LogP contribution in [-0.2, 0) is 15.9 Å². The standard InChI is InChI=1S/C22H22F3N5O3S/c1-26-34(4,32)15-9-7-8-14(12-15)27-20(31)16-13-19(22(23,24)25)28-29-21(16)33-18-11-6-5-10-17(18)30(2)3/h5-13H,1-4H3,(H,27,31). The third-order valence-corrected chi connectivity index (χ3v) is 6.55. The SMILES string of the molecule is CN=S(C)(=O)c1cccc(NC(=O)c2cc(C(F)(F)F)nnc2Oc2ccccc2N(C)C)c1. The summed E-state index contributed by atoms with van der Waals surface area (Å²) in [4.78, 5) is 15.1. The molecule has 1 unspecified atom stereocenters. The Balaban J connectivity index is 2.03. The summed E-state index contributed by atoms with van der Waals surface area (Å²) in [5.41, 5.74) is -0.991. The predicted octanol–water partition coefficient (Wildman–Crippen LogP) is 4.69. The van der Waals surface area contributed by atoms with Crippen molar-refractivity contribution in [2.45, 2.75) is 11.1 Å². The van der Waals surface area contributed by atoms with E-state index in [-0.39, 0.29) is 11.4 Å². The summed E-state index contributed by atoms with van der Waals surface area (Å²) in [5, 5.41) is 9.23. The highest BCUT2D eigenvalue weighted by atomic mass is 32.2. The lowest BCUT2D eigenvalue weighted by Gasteiger charge is -2.18. The topological polar surface area (TPSA) is 96.8 Å². The van der Waals surface area contributed by atoms with Gasteiger partial charge < -0.3 is 15.0 Å². The summed E-state index contributed by atoms with van der Waals surface area (Å²) < 4.78 is 61.9. The maximum absolute atomic E-state index is 13.3. The predicted molar refractivity (Wildman–Crippen MR) is 123 cm³/mol. The minimum atomic E-state index is -4.82. The largest absolute Gasteiger partial charge is 0.435 e. The summed E-state index contributed by atoms with van der Waals surface area (Å²) in [6.45, 7) is 0. The van der Waals surface area contributed by atoms with Crippen molar-refractivity contribution in [1.82, 2.24) is 10.2 Å². The van der Waals surface area contributed by atoms with Crippen LogP contribution in [0.25, 0.3) is 0 Å². The molecule has 12 heteroatoms. The molecule has 1 aromatic heterocycles. The number of hydrogen-bond acceptors (Lipinski definition) is 7. The first kappa shape index (κ1) is 25.0. The number of para-hydroxylation sites is 2. The molecule has 0 aliphatic heterocycles. The van der Waals surface area contributed by atoms with Crippen LogP contribution in [0.4, 0.5) is 24.5 Å². The number of amides is 1. The van der Waals surface area contributed by atoms with E-state index in [4.69, 9.17) is 4.74 Å². The fourth-order valence-corrected chi connectivity index (χ4v) is 3.77. The molecule has 0 aliphatic rings. The van der Waals surface area contributed by atoms with Gasteiger partial charge in [0.15, 0.2) is 11.4 Å². The highest BCUT2D eigenvalue weighted by molar-refractivity contribution is 7.93. The van der Waals surface area contributed by atoms with Gasteiger partial charge in [0.2, 0.25) is 0 Å². The van der Waals surface area contributed by atoms with E-state index >= 15 is 0 Å². The Morgan fingerprint density at radius 1 is 1.09 bits per heavy atom. The molecular weight excluding hydrogens is 471 g/mol. The molecule has 3 rings (SSSR count). The lowest BCUT2D eigenvalue weighted by molar-refractivity contribution is -0.141. The van der Waals surface area contributed by atoms with E-state index in [2.05, 4.69) is 19.9 Å². The molecule has 180 valence electrons. The smallest absolute Gasteiger partial charge is 0.435 e. The van der Waals surface area contributed by atoms with Crippen LogP contribution in [0.3, 0.4) is 0 Å². The zero-order valence-corrected chi connectivity index (χ0v) is 19.6. The Morgan fingerprint density at radius 2 is 1.79 bits per heavy atom. The van der Waals surface area contributed by atoms with Crippen LogP contribution in [0.15, 0.2) is 63.9 Å². The Bertz CT molecular complexity index is 1340. The maximum atomic E-state index is 13.3. The lowest BCUT2D eigenvalue weighted by Crippen LogP contribution is -2.18. The number of carbonyl (C=O) groups excluding carboxylic acids is 1. The zero-order chi connectivity index (χ0) is 25.1. The van der Waals surface area contributed by atoms with Gasteiger partial charge in [-0.15, -0.1) is 10.2 Å². The number of carbonyl (C=O) groups is 1. The Labute approximate surface area is 195 Å². The average molecular weight is 494 g/mol. The third kappa shape index (κ3) is 5.63. The van der Waals surface area contributed by atoms with Gasteiger partial charge in [0, 0.05) is 38.0 Å². The summed E-state index contributed by atoms with van der Waals surface area (Å²) in [6, 6.07) is 13.4. The number of ether oxygens (including phenoxy) is 1. The molecule has 0 aliphatic carbocycles. The van der Waals surface area contributed by atoms with Crippen LogP contribution in [0.5, 0.6) is 11.6 Å². The van der Waals surface area contributed by atoms with Gasteiger partial charge in [0.05, 0.1) is 15.4 Å². The van der Waals surface area contributed by atoms with Crippen molar-refractivity contribution >= 4 is 27.0 Å². The molecule has 1 heterocycles. The van der Waals surface area contributed by atoms with Crippen molar-refractivity contribution in [3.8, 4) is 11.6 Å². The van der Waals surface area contributed by atoms with Crippen molar-refractivity contribution in [3.05, 3.63) is 65.9 Å². The molecule has 0 saturated heterocycles. The number of benzene rings is 2. The quantitative estimate of drug-likeness (QED) is 0.535. The Morgan fingerprint density at radius 3 is 2.44 bits per heavy atom. The van der Waals surface area contributed by atoms with E-state index < -0.39 is 38.9 Å². The van der Waals surface area contributed by atoms with Crippen molar-refractivity contribution in [2.24, 2.45) is 4.36 Å². The van der Waals surface area contributed by atoms with E-state index in [9.17, 15) is 22.2 Å². The molecule has 34 heavy (non-hydrogen) atoms. The molecule has 2 aromatic carbocycles. The second-order valence-electron chi connectivity index (χ2n) is 7.38. The second kappa shape index (κ2) is 9.67. The fraction of sp³-hybridized carbons (Fsp3) is 0.227. The second-order valence-corrected chi connectivity index (χ2v) is 9.82. The third-order valence-electron chi connectivity index (χ3n) is 4.73. The molecular formula is C22H22F3N5O3S. The molecule has 0 fully saturated rings. The Kier molecular flexibility index (Phi) is 7.10. The number of nitrogens with one attached hydrogen (secondary N) is 1. The van der Waals surface area contributed by atoms with Crippen molar-refractivity contribution < 1.29 is 26.9 Å². The Hall–Kier alpha value is -3.67. The molecule has 1 N–H and O–H groups in total. The number of halogens is 3. The number of nitrogens with zero attached hydrogens (tertiary/aromatic N) is 4. The fourth-order valence-electron chi connectivity index (χ4n) is 2.89. The number of aromatic nitrogens is 2. The molecule has 1 amide bonds. The molecule has 0 bridgehead atoms. The highest BCUT2D eigenvalue weighted by Crippen LogP contribution is 2.34. The van der Waals surface area contributed by atoms with E-state index in [0.717, 1.165) is 0 Å². The van der Waals surface area contributed by atoms with Gasteiger partial charge in [-0.25, -0.2) is 8.57 Å². The molecule has 0 spiro atoms. The minimum absolute atomic E-state index is 0.214. The van der Waals surface area contributed by atoms with Crippen molar-refractivity contribution in [1.29, 1.82) is 0 Å². The molecule has 0 radical (unpaired) electrons. The van der Waals surface area contributed by atoms with Gasteiger partial charge in [-0.3, -0.25) is 4.79 Å². The van der Waals surface area contributed by atoms with Gasteiger partial charge >= 0.3 is 6.18 Å². The molecule has 3 aromatic rings. The van der Waals surface area contributed by atoms with Crippen molar-refractivity contribution in [2.75, 3.05) is 37.6 Å². The average Bonchev–Trinajstić information content (AvgIpc) is 2.79. The van der Waals surface area contributed by atoms with Gasteiger partial charge in [-0.2, -0.15) is 13.2 Å². The minimum Gasteiger partial charge on any atom is -0.435 e. The number of hydrogen-bond donors (Lipinski definition) is 1. The number of alkyl halides is 3. The first-order valence-corrected chi connectivity index (χ1v) is 11.8. The number of rotatable bonds is 6. The highest BCUT2D eigenvalue weighted by Gasteiger charge is 2.35. The van der Waals surface area contributed by atoms with E-state index in [1.165, 1.54) is 25.4 Å². The lowest BCUT2D eigenvalue weighted by atomic mass is 10.2. The summed E-state index contributed by atoms with van der Waals surface area (Å²) >= 11 is 0. The summed E-state index contributed by atoms with van der Waals surface area (Å²) in [6.07, 6.45) is -3.39. The van der Waals surface area contributed by atoms with Gasteiger partial charge in [-0.05, 0) is 36.4 Å². The summed E-state index contributed by atoms with van der Waals surface area (Å²) in [7, 11) is 2.24. The van der Waals surface area contributed by atoms with E-state index in [0.29, 0.717) is 16.6 Å². The number of anilines is 2. The molecule has 1 atom stereocenters. The van der Waals surface area contributed by atoms with Crippen LogP contribution in [0, 0.1) is 0 Å². The van der Waals surface area contributed by atoms with E-state index in [1.54, 1.807) is 55.4 Å². The van der Waals surface area contributed by atoms with Crippen LogP contribution in [0.1, 0.15) is 16.1 Å². The van der Waals surface area contributed by atoms with E-state index in [1.807, 2.05) is 0 Å². The normalized spacial score (nSPS) is 13.0. The first-order chi connectivity index (χ1) is 15.9. The summed E-state index contributed by atoms with van der Waals surface area (Å²) in [5.74, 6) is -1.04. The first-order valence-electron chi connectivity index (χ1n) is 9.83. The molecule has 0 saturated carbocycles. The van der Waals surface area contributed by atoms with Crippen LogP contribution < -0.4 is 15.0 Å². The maximum Gasteiger partial charge on any atom is 0.435 e. The van der Waals surface area contributed by atoms with Crippen LogP contribution in [-0.4, -0.2) is 47.7 Å². The van der Waals surface area contributed by atoms with Crippen LogP contribution in [0.2, 0.25) is 0 Å². The monoisotopic (exact) mass is 493 g/mol.